The number of nitrogens with zero attached hydrogens (tertiary/aromatic N) is 2. The largest absolute Gasteiger partial charge is 0.354 e. The summed E-state index contributed by atoms with van der Waals surface area (Å²) in [6.07, 6.45) is 6.08. The molecule has 27 heavy (non-hydrogen) atoms. The first kappa shape index (κ1) is 19.6. The van der Waals surface area contributed by atoms with E-state index in [-0.39, 0.29) is 0 Å². The van der Waals surface area contributed by atoms with Crippen LogP contribution in [-0.4, -0.2) is 44.2 Å². The lowest BCUT2D eigenvalue weighted by molar-refractivity contribution is 0.413. The Labute approximate surface area is 163 Å². The van der Waals surface area contributed by atoms with Gasteiger partial charge in [-0.2, -0.15) is 0 Å². The molecule has 3 unspecified atom stereocenters. The minimum absolute atomic E-state index is 0.304. The zero-order valence-corrected chi connectivity index (χ0v) is 16.9. The van der Waals surface area contributed by atoms with Crippen molar-refractivity contribution in [3.8, 4) is 11.3 Å². The zero-order valence-electron chi connectivity index (χ0n) is 16.1. The molecule has 1 heterocycles. The van der Waals surface area contributed by atoms with Crippen LogP contribution in [-0.2, 0) is 17.3 Å². The molecule has 0 amide bonds. The van der Waals surface area contributed by atoms with E-state index in [0.717, 1.165) is 54.5 Å². The average molecular weight is 388 g/mol. The van der Waals surface area contributed by atoms with Crippen molar-refractivity contribution >= 4 is 16.8 Å². The van der Waals surface area contributed by atoms with Gasteiger partial charge in [0.2, 0.25) is 0 Å². The molecule has 7 heteroatoms. The van der Waals surface area contributed by atoms with Gasteiger partial charge in [-0.1, -0.05) is 43.7 Å². The summed E-state index contributed by atoms with van der Waals surface area (Å²) in [6.45, 7) is 2.57. The van der Waals surface area contributed by atoms with Gasteiger partial charge in [0.1, 0.15) is 5.82 Å². The highest BCUT2D eigenvalue weighted by Gasteiger charge is 2.26. The first-order valence-electron chi connectivity index (χ1n) is 9.63. The fourth-order valence-corrected chi connectivity index (χ4v) is 4.87. The number of hydrogen-bond acceptors (Lipinski definition) is 3. The van der Waals surface area contributed by atoms with Crippen LogP contribution in [0.2, 0.25) is 0 Å². The molecule has 1 fully saturated rings. The van der Waals surface area contributed by atoms with E-state index in [1.807, 2.05) is 31.3 Å². The molecule has 0 aliphatic heterocycles. The van der Waals surface area contributed by atoms with Crippen LogP contribution in [0.1, 0.15) is 38.4 Å². The Balaban J connectivity index is 1.52. The van der Waals surface area contributed by atoms with Crippen molar-refractivity contribution in [2.75, 3.05) is 12.8 Å². The molecule has 0 saturated heterocycles. The van der Waals surface area contributed by atoms with E-state index in [1.54, 1.807) is 7.05 Å². The summed E-state index contributed by atoms with van der Waals surface area (Å²) < 4.78 is 12.1. The van der Waals surface area contributed by atoms with Gasteiger partial charge in [0.25, 0.3) is 0 Å². The minimum Gasteiger partial charge on any atom is -0.354 e. The fourth-order valence-electron chi connectivity index (χ4n) is 3.52. The lowest BCUT2D eigenvalue weighted by Crippen LogP contribution is -2.46. The Hall–Kier alpha value is -2.15. The van der Waals surface area contributed by atoms with E-state index in [9.17, 15) is 4.21 Å². The summed E-state index contributed by atoms with van der Waals surface area (Å²) in [6, 6.07) is 10.5. The second-order valence-corrected chi connectivity index (χ2v) is 8.84. The summed E-state index contributed by atoms with van der Waals surface area (Å²) in [5.74, 6) is 2.37. The van der Waals surface area contributed by atoms with Gasteiger partial charge in [0.05, 0.1) is 18.4 Å². The van der Waals surface area contributed by atoms with Crippen LogP contribution in [0, 0.1) is 0 Å². The van der Waals surface area contributed by atoms with Crippen molar-refractivity contribution in [3.05, 3.63) is 42.4 Å². The van der Waals surface area contributed by atoms with Crippen LogP contribution >= 0.6 is 0 Å². The molecule has 0 bridgehead atoms. The number of guanidine groups is 1. The molecule has 6 nitrogen and oxygen atoms in total. The highest BCUT2D eigenvalue weighted by molar-refractivity contribution is 7.85. The number of aliphatic imine (C=N–C) groups is 1. The molecular weight excluding hydrogens is 358 g/mol. The molecule has 2 aromatic rings. The van der Waals surface area contributed by atoms with Gasteiger partial charge < -0.3 is 15.6 Å². The lowest BCUT2D eigenvalue weighted by Gasteiger charge is -2.30. The van der Waals surface area contributed by atoms with Crippen molar-refractivity contribution in [2.45, 2.75) is 50.4 Å². The van der Waals surface area contributed by atoms with Crippen LogP contribution in [0.5, 0.6) is 0 Å². The Morgan fingerprint density at radius 3 is 2.89 bits per heavy atom. The van der Waals surface area contributed by atoms with Crippen molar-refractivity contribution < 1.29 is 4.21 Å². The molecule has 3 N–H and O–H groups in total. The smallest absolute Gasteiger partial charge is 0.191 e. The van der Waals surface area contributed by atoms with E-state index >= 15 is 0 Å². The molecule has 0 spiro atoms. The number of hydrogen-bond donors (Lipinski definition) is 3. The topological polar surface area (TPSA) is 82.2 Å². The number of aromatic amines is 1. The van der Waals surface area contributed by atoms with Crippen molar-refractivity contribution in [2.24, 2.45) is 4.99 Å². The second-order valence-electron chi connectivity index (χ2n) is 6.83. The van der Waals surface area contributed by atoms with E-state index in [1.165, 1.54) is 0 Å². The minimum atomic E-state index is -0.715. The normalized spacial score (nSPS) is 21.6. The van der Waals surface area contributed by atoms with Gasteiger partial charge in [-0.3, -0.25) is 9.20 Å². The predicted octanol–water partition coefficient (Wildman–Crippen LogP) is 2.82. The molecule has 1 aromatic carbocycles. The van der Waals surface area contributed by atoms with Crippen LogP contribution in [0.4, 0.5) is 0 Å². The van der Waals surface area contributed by atoms with Gasteiger partial charge in [-0.25, -0.2) is 4.98 Å². The Kier molecular flexibility index (Phi) is 7.04. The highest BCUT2D eigenvalue weighted by Crippen LogP contribution is 2.23. The molecule has 1 saturated carbocycles. The maximum Gasteiger partial charge on any atom is 0.191 e. The Bertz CT molecular complexity index is 774. The molecular formula is C20H29N5OS. The van der Waals surface area contributed by atoms with Crippen LogP contribution in [0.15, 0.2) is 41.5 Å². The quantitative estimate of drug-likeness (QED) is 0.526. The average Bonchev–Trinajstić information content (AvgIpc) is 3.20. The van der Waals surface area contributed by atoms with Crippen molar-refractivity contribution in [1.82, 2.24) is 20.6 Å². The van der Waals surface area contributed by atoms with Crippen LogP contribution in [0.3, 0.4) is 0 Å². The monoisotopic (exact) mass is 387 g/mol. The summed E-state index contributed by atoms with van der Waals surface area (Å²) in [5, 5.41) is 7.11. The van der Waals surface area contributed by atoms with E-state index < -0.39 is 10.8 Å². The number of aromatic nitrogens is 2. The number of H-pyrrole nitrogens is 1. The van der Waals surface area contributed by atoms with Crippen molar-refractivity contribution in [1.29, 1.82) is 0 Å². The molecule has 3 rings (SSSR count). The number of rotatable bonds is 6. The van der Waals surface area contributed by atoms with E-state index in [4.69, 9.17) is 0 Å². The molecule has 1 aromatic heterocycles. The maximum absolute atomic E-state index is 12.1. The molecule has 3 atom stereocenters. The predicted molar refractivity (Wildman–Crippen MR) is 112 cm³/mol. The van der Waals surface area contributed by atoms with Gasteiger partial charge in [-0.05, 0) is 24.8 Å². The number of nitrogens with one attached hydrogen (secondary N) is 3. The second kappa shape index (κ2) is 9.69. The van der Waals surface area contributed by atoms with Gasteiger partial charge in [0, 0.05) is 34.9 Å². The molecule has 1 aliphatic carbocycles. The van der Waals surface area contributed by atoms with Crippen molar-refractivity contribution in [3.63, 3.8) is 0 Å². The first-order chi connectivity index (χ1) is 13.2. The third-order valence-corrected chi connectivity index (χ3v) is 6.72. The third kappa shape index (κ3) is 5.42. The molecule has 0 radical (unpaired) electrons. The fraction of sp³-hybridized carbons (Fsp3) is 0.500. The van der Waals surface area contributed by atoms with Crippen LogP contribution in [0.25, 0.3) is 11.3 Å². The van der Waals surface area contributed by atoms with E-state index in [2.05, 4.69) is 37.7 Å². The third-order valence-electron chi connectivity index (χ3n) is 4.98. The molecule has 1 aliphatic rings. The van der Waals surface area contributed by atoms with Gasteiger partial charge >= 0.3 is 0 Å². The summed E-state index contributed by atoms with van der Waals surface area (Å²) in [4.78, 5) is 12.1. The first-order valence-corrected chi connectivity index (χ1v) is 11.0. The zero-order chi connectivity index (χ0) is 19.1. The standard InChI is InChI=1S/C20H29N5OS/c1-3-27(26)17-11-7-10-16(12-17)24-20(21-2)23-14-19-22-13-18(25-19)15-8-5-4-6-9-15/h4-6,8-9,13,16-17H,3,7,10-12,14H2,1-2H3,(H,22,25)(H2,21,23,24). The van der Waals surface area contributed by atoms with E-state index in [0.29, 0.717) is 17.8 Å². The number of benzene rings is 1. The summed E-state index contributed by atoms with van der Waals surface area (Å²) in [7, 11) is 1.06. The lowest BCUT2D eigenvalue weighted by atomic mass is 9.95. The Morgan fingerprint density at radius 1 is 1.33 bits per heavy atom. The van der Waals surface area contributed by atoms with Gasteiger partial charge in [-0.15, -0.1) is 0 Å². The summed E-state index contributed by atoms with van der Waals surface area (Å²) in [5.41, 5.74) is 2.13. The molecule has 146 valence electrons. The maximum atomic E-state index is 12.1. The summed E-state index contributed by atoms with van der Waals surface area (Å²) >= 11 is 0. The highest BCUT2D eigenvalue weighted by atomic mass is 32.2. The van der Waals surface area contributed by atoms with Gasteiger partial charge in [0.15, 0.2) is 5.96 Å². The Morgan fingerprint density at radius 2 is 2.15 bits per heavy atom. The number of imidazole rings is 1. The van der Waals surface area contributed by atoms with Crippen LogP contribution < -0.4 is 10.6 Å². The SMILES string of the molecule is CCS(=O)C1CCCC(NC(=NC)NCc2ncc(-c3ccccc3)[nH]2)C1.